The fourth-order valence-corrected chi connectivity index (χ4v) is 1.94. The van der Waals surface area contributed by atoms with Gasteiger partial charge in [0, 0.05) is 23.5 Å². The van der Waals surface area contributed by atoms with Crippen LogP contribution in [0.4, 0.5) is 4.39 Å². The van der Waals surface area contributed by atoms with Crippen LogP contribution in [0.25, 0.3) is 0 Å². The van der Waals surface area contributed by atoms with Crippen LogP contribution in [-0.2, 0) is 0 Å². The molecule has 0 aromatic heterocycles. The minimum Gasteiger partial charge on any atom is -0.307 e. The molecule has 1 aromatic carbocycles. The first-order chi connectivity index (χ1) is 7.54. The minimum atomic E-state index is -0.322. The summed E-state index contributed by atoms with van der Waals surface area (Å²) in [6.07, 6.45) is 5.88. The van der Waals surface area contributed by atoms with Gasteiger partial charge in [-0.3, -0.25) is 0 Å². The second-order valence-electron chi connectivity index (χ2n) is 3.86. The van der Waals surface area contributed by atoms with Crippen molar-refractivity contribution in [2.45, 2.75) is 32.4 Å². The highest BCUT2D eigenvalue weighted by Crippen LogP contribution is 2.24. The first kappa shape index (κ1) is 13.0. The molecule has 86 valence electrons. The molecule has 16 heavy (non-hydrogen) atoms. The third-order valence-corrected chi connectivity index (χ3v) is 2.71. The maximum atomic E-state index is 12.9. The third-order valence-electron chi connectivity index (χ3n) is 2.39. The van der Waals surface area contributed by atoms with Crippen LogP contribution in [0.5, 0.6) is 0 Å². The molecular formula is C13H15ClFN. The summed E-state index contributed by atoms with van der Waals surface area (Å²) in [6, 6.07) is 4.68. The van der Waals surface area contributed by atoms with Gasteiger partial charge >= 0.3 is 0 Å². The molecule has 1 nitrogen and oxygen atoms in total. The standard InChI is InChI=1S/C13H15ClFN/c1-4-5-9(2)16-10(3)12-7-6-11(15)8-13(12)14/h1,6-10,16H,5H2,2-3H3. The van der Waals surface area contributed by atoms with Crippen molar-refractivity contribution < 1.29 is 4.39 Å². The lowest BCUT2D eigenvalue weighted by molar-refractivity contribution is 0.486. The molecule has 0 bridgehead atoms. The van der Waals surface area contributed by atoms with Gasteiger partial charge in [0.1, 0.15) is 5.82 Å². The lowest BCUT2D eigenvalue weighted by Crippen LogP contribution is -2.28. The molecule has 0 aliphatic carbocycles. The van der Waals surface area contributed by atoms with Gasteiger partial charge in [-0.2, -0.15) is 0 Å². The Morgan fingerprint density at radius 2 is 2.19 bits per heavy atom. The van der Waals surface area contributed by atoms with Crippen LogP contribution in [0.15, 0.2) is 18.2 Å². The molecule has 0 saturated carbocycles. The van der Waals surface area contributed by atoms with Gasteiger partial charge in [-0.15, -0.1) is 12.3 Å². The first-order valence-corrected chi connectivity index (χ1v) is 5.57. The molecule has 3 heteroatoms. The fourth-order valence-electron chi connectivity index (χ4n) is 1.60. The average Bonchev–Trinajstić information content (AvgIpc) is 2.17. The van der Waals surface area contributed by atoms with Crippen molar-refractivity contribution in [3.8, 4) is 12.3 Å². The molecule has 0 heterocycles. The Hall–Kier alpha value is -1.04. The van der Waals surface area contributed by atoms with Crippen molar-refractivity contribution in [3.63, 3.8) is 0 Å². The number of terminal acetylenes is 1. The average molecular weight is 240 g/mol. The van der Waals surface area contributed by atoms with Crippen LogP contribution >= 0.6 is 11.6 Å². The zero-order valence-corrected chi connectivity index (χ0v) is 10.2. The molecule has 0 aliphatic heterocycles. The van der Waals surface area contributed by atoms with Gasteiger partial charge in [0.2, 0.25) is 0 Å². The highest BCUT2D eigenvalue weighted by Gasteiger charge is 2.12. The van der Waals surface area contributed by atoms with E-state index in [1.807, 2.05) is 13.8 Å². The number of halogens is 2. The number of nitrogens with one attached hydrogen (secondary N) is 1. The van der Waals surface area contributed by atoms with E-state index < -0.39 is 0 Å². The predicted molar refractivity (Wildman–Crippen MR) is 65.9 cm³/mol. The van der Waals surface area contributed by atoms with E-state index in [2.05, 4.69) is 11.2 Å². The van der Waals surface area contributed by atoms with Crippen molar-refractivity contribution in [2.24, 2.45) is 0 Å². The van der Waals surface area contributed by atoms with E-state index in [1.54, 1.807) is 6.07 Å². The van der Waals surface area contributed by atoms with Crippen LogP contribution in [0.1, 0.15) is 31.9 Å². The molecule has 0 fully saturated rings. The normalized spacial score (nSPS) is 14.2. The van der Waals surface area contributed by atoms with Crippen molar-refractivity contribution >= 4 is 11.6 Å². The summed E-state index contributed by atoms with van der Waals surface area (Å²) in [6.45, 7) is 3.99. The van der Waals surface area contributed by atoms with Gasteiger partial charge in [0.05, 0.1) is 0 Å². The molecule has 0 spiro atoms. The Labute approximate surface area is 101 Å². The molecule has 1 aromatic rings. The fraction of sp³-hybridized carbons (Fsp3) is 0.385. The van der Waals surface area contributed by atoms with Crippen LogP contribution in [0.2, 0.25) is 5.02 Å². The van der Waals surface area contributed by atoms with E-state index in [-0.39, 0.29) is 17.9 Å². The number of rotatable bonds is 4. The Bertz CT molecular complexity index is 397. The molecule has 0 saturated heterocycles. The molecule has 0 aliphatic rings. The maximum Gasteiger partial charge on any atom is 0.124 e. The van der Waals surface area contributed by atoms with E-state index in [0.29, 0.717) is 11.4 Å². The van der Waals surface area contributed by atoms with Gasteiger partial charge in [0.15, 0.2) is 0 Å². The second-order valence-corrected chi connectivity index (χ2v) is 4.27. The Morgan fingerprint density at radius 1 is 1.50 bits per heavy atom. The Balaban J connectivity index is 2.73. The predicted octanol–water partition coefficient (Wildman–Crippen LogP) is 3.54. The highest BCUT2D eigenvalue weighted by molar-refractivity contribution is 6.31. The zero-order chi connectivity index (χ0) is 12.1. The molecule has 1 rings (SSSR count). The molecule has 2 unspecified atom stereocenters. The van der Waals surface area contributed by atoms with Gasteiger partial charge in [-0.25, -0.2) is 4.39 Å². The zero-order valence-electron chi connectivity index (χ0n) is 9.43. The summed E-state index contributed by atoms with van der Waals surface area (Å²) in [4.78, 5) is 0. The molecule has 1 N–H and O–H groups in total. The lowest BCUT2D eigenvalue weighted by atomic mass is 10.1. The largest absolute Gasteiger partial charge is 0.307 e. The molecule has 0 radical (unpaired) electrons. The van der Waals surface area contributed by atoms with Gasteiger partial charge in [-0.1, -0.05) is 17.7 Å². The van der Waals surface area contributed by atoms with Crippen molar-refractivity contribution in [3.05, 3.63) is 34.6 Å². The highest BCUT2D eigenvalue weighted by atomic mass is 35.5. The maximum absolute atomic E-state index is 12.9. The van der Waals surface area contributed by atoms with Crippen LogP contribution in [0, 0.1) is 18.2 Å². The van der Waals surface area contributed by atoms with Crippen LogP contribution in [-0.4, -0.2) is 6.04 Å². The van der Waals surface area contributed by atoms with E-state index in [4.69, 9.17) is 18.0 Å². The monoisotopic (exact) mass is 239 g/mol. The van der Waals surface area contributed by atoms with E-state index >= 15 is 0 Å². The van der Waals surface area contributed by atoms with E-state index in [1.165, 1.54) is 12.1 Å². The summed E-state index contributed by atoms with van der Waals surface area (Å²) in [5, 5.41) is 3.75. The summed E-state index contributed by atoms with van der Waals surface area (Å²) >= 11 is 5.96. The molecular weight excluding hydrogens is 225 g/mol. The summed E-state index contributed by atoms with van der Waals surface area (Å²) in [5.74, 6) is 2.27. The Kier molecular flexibility index (Phi) is 4.79. The summed E-state index contributed by atoms with van der Waals surface area (Å²) in [5.41, 5.74) is 0.881. The first-order valence-electron chi connectivity index (χ1n) is 5.19. The van der Waals surface area contributed by atoms with E-state index in [0.717, 1.165) is 5.56 Å². The Morgan fingerprint density at radius 3 is 2.75 bits per heavy atom. The smallest absolute Gasteiger partial charge is 0.124 e. The lowest BCUT2D eigenvalue weighted by Gasteiger charge is -2.19. The third kappa shape index (κ3) is 3.52. The summed E-state index contributed by atoms with van der Waals surface area (Å²) < 4.78 is 12.9. The van der Waals surface area contributed by atoms with Crippen LogP contribution < -0.4 is 5.32 Å². The number of hydrogen-bond acceptors (Lipinski definition) is 1. The van der Waals surface area contributed by atoms with Crippen molar-refractivity contribution in [2.75, 3.05) is 0 Å². The number of hydrogen-bond donors (Lipinski definition) is 1. The van der Waals surface area contributed by atoms with E-state index in [9.17, 15) is 4.39 Å². The topological polar surface area (TPSA) is 12.0 Å². The minimum absolute atomic E-state index is 0.0523. The summed E-state index contributed by atoms with van der Waals surface area (Å²) in [7, 11) is 0. The second kappa shape index (κ2) is 5.89. The SMILES string of the molecule is C#CCC(C)NC(C)c1ccc(F)cc1Cl. The quantitative estimate of drug-likeness (QED) is 0.793. The number of benzene rings is 1. The van der Waals surface area contributed by atoms with Crippen LogP contribution in [0.3, 0.4) is 0 Å². The van der Waals surface area contributed by atoms with Crippen molar-refractivity contribution in [1.82, 2.24) is 5.32 Å². The van der Waals surface area contributed by atoms with Gasteiger partial charge in [0.25, 0.3) is 0 Å². The molecule has 2 atom stereocenters. The van der Waals surface area contributed by atoms with Crippen molar-refractivity contribution in [1.29, 1.82) is 0 Å². The van der Waals surface area contributed by atoms with Gasteiger partial charge in [-0.05, 0) is 31.5 Å². The molecule has 0 amide bonds. The van der Waals surface area contributed by atoms with Gasteiger partial charge < -0.3 is 5.32 Å².